The fourth-order valence-electron chi connectivity index (χ4n) is 3.63. The summed E-state index contributed by atoms with van der Waals surface area (Å²) in [6, 6.07) is 7.00. The van der Waals surface area contributed by atoms with Crippen molar-refractivity contribution in [3.63, 3.8) is 0 Å². The first kappa shape index (κ1) is 21.8. The van der Waals surface area contributed by atoms with E-state index in [-0.39, 0.29) is 23.3 Å². The molecule has 1 heterocycles. The fourth-order valence-corrected chi connectivity index (χ4v) is 4.73. The van der Waals surface area contributed by atoms with Crippen molar-refractivity contribution in [2.75, 3.05) is 24.9 Å². The number of thiophene rings is 1. The Kier molecular flexibility index (Phi) is 7.10. The predicted octanol–water partition coefficient (Wildman–Crippen LogP) is 4.62. The molecule has 1 fully saturated rings. The molecule has 2 amide bonds. The molecule has 2 N–H and O–H groups in total. The van der Waals surface area contributed by atoms with Gasteiger partial charge < -0.3 is 20.1 Å². The fraction of sp³-hybridized carbons (Fsp3) is 0.409. The van der Waals surface area contributed by atoms with Gasteiger partial charge in [0.15, 0.2) is 0 Å². The number of ether oxygens (including phenoxy) is 2. The molecule has 0 spiro atoms. The molecule has 1 aliphatic rings. The van der Waals surface area contributed by atoms with Crippen LogP contribution in [0.3, 0.4) is 0 Å². The number of hydrogen-bond acceptors (Lipinski definition) is 6. The second-order valence-electron chi connectivity index (χ2n) is 7.26. The molecule has 2 aromatic rings. The van der Waals surface area contributed by atoms with E-state index in [0.29, 0.717) is 26.9 Å². The highest BCUT2D eigenvalue weighted by Gasteiger charge is 2.28. The first-order chi connectivity index (χ1) is 14.4. The van der Waals surface area contributed by atoms with Crippen LogP contribution in [0, 0.1) is 12.8 Å². The number of amides is 2. The zero-order valence-electron chi connectivity index (χ0n) is 17.4. The van der Waals surface area contributed by atoms with Crippen LogP contribution < -0.4 is 15.4 Å². The van der Waals surface area contributed by atoms with Crippen LogP contribution in [0.25, 0.3) is 0 Å². The van der Waals surface area contributed by atoms with Crippen molar-refractivity contribution in [2.24, 2.45) is 5.92 Å². The Bertz CT molecular complexity index is 947. The van der Waals surface area contributed by atoms with Gasteiger partial charge in [-0.05, 0) is 37.5 Å². The SMILES string of the molecule is COC(=O)c1c(NC(=O)C2CCCCC2)sc(C(=O)Nc2cccc(OC)c2)c1C. The molecule has 1 saturated carbocycles. The third-order valence-corrected chi connectivity index (χ3v) is 6.49. The van der Waals surface area contributed by atoms with E-state index in [0.717, 1.165) is 43.4 Å². The maximum Gasteiger partial charge on any atom is 0.341 e. The van der Waals surface area contributed by atoms with Crippen LogP contribution in [0.2, 0.25) is 0 Å². The van der Waals surface area contributed by atoms with Gasteiger partial charge in [-0.1, -0.05) is 25.3 Å². The Balaban J connectivity index is 1.86. The van der Waals surface area contributed by atoms with Gasteiger partial charge in [0, 0.05) is 17.7 Å². The summed E-state index contributed by atoms with van der Waals surface area (Å²) >= 11 is 1.08. The summed E-state index contributed by atoms with van der Waals surface area (Å²) < 4.78 is 10.1. The zero-order valence-corrected chi connectivity index (χ0v) is 18.2. The van der Waals surface area contributed by atoms with Crippen molar-refractivity contribution in [3.8, 4) is 5.75 Å². The predicted molar refractivity (Wildman–Crippen MR) is 117 cm³/mol. The lowest BCUT2D eigenvalue weighted by molar-refractivity contribution is -0.120. The summed E-state index contributed by atoms with van der Waals surface area (Å²) in [5, 5.41) is 6.04. The maximum absolute atomic E-state index is 12.9. The van der Waals surface area contributed by atoms with Crippen molar-refractivity contribution in [2.45, 2.75) is 39.0 Å². The zero-order chi connectivity index (χ0) is 21.7. The highest BCUT2D eigenvalue weighted by molar-refractivity contribution is 7.18. The smallest absolute Gasteiger partial charge is 0.341 e. The summed E-state index contributed by atoms with van der Waals surface area (Å²) in [4.78, 5) is 38.3. The minimum absolute atomic E-state index is 0.0688. The Morgan fingerprint density at radius 2 is 1.80 bits per heavy atom. The van der Waals surface area contributed by atoms with E-state index in [1.54, 1.807) is 38.3 Å². The normalized spacial score (nSPS) is 14.1. The van der Waals surface area contributed by atoms with Crippen LogP contribution in [0.5, 0.6) is 5.75 Å². The van der Waals surface area contributed by atoms with Crippen molar-refractivity contribution < 1.29 is 23.9 Å². The van der Waals surface area contributed by atoms with Crippen LogP contribution >= 0.6 is 11.3 Å². The lowest BCUT2D eigenvalue weighted by Gasteiger charge is -2.20. The van der Waals surface area contributed by atoms with Crippen molar-refractivity contribution >= 4 is 39.8 Å². The standard InChI is InChI=1S/C22H26N2O5S/c1-13-17(22(27)29-3)21(24-19(25)14-8-5-4-6-9-14)30-18(13)20(26)23-15-10-7-11-16(12-15)28-2/h7,10-12,14H,4-6,8-9H2,1-3H3,(H,23,26)(H,24,25). The summed E-state index contributed by atoms with van der Waals surface area (Å²) in [6.07, 6.45) is 4.88. The molecule has 30 heavy (non-hydrogen) atoms. The molecular weight excluding hydrogens is 404 g/mol. The van der Waals surface area contributed by atoms with Crippen LogP contribution in [0.1, 0.15) is 57.7 Å². The molecule has 0 atom stereocenters. The second-order valence-corrected chi connectivity index (χ2v) is 8.28. The molecule has 1 aliphatic carbocycles. The summed E-state index contributed by atoms with van der Waals surface area (Å²) in [6.45, 7) is 1.68. The average Bonchev–Trinajstić information content (AvgIpc) is 3.09. The van der Waals surface area contributed by atoms with Crippen molar-refractivity contribution in [3.05, 3.63) is 40.3 Å². The van der Waals surface area contributed by atoms with E-state index < -0.39 is 5.97 Å². The van der Waals surface area contributed by atoms with E-state index in [1.165, 1.54) is 7.11 Å². The molecule has 0 saturated heterocycles. The Morgan fingerprint density at radius 3 is 2.47 bits per heavy atom. The van der Waals surface area contributed by atoms with Gasteiger partial charge in [0.1, 0.15) is 10.8 Å². The number of carbonyl (C=O) groups excluding carboxylic acids is 3. The third-order valence-electron chi connectivity index (χ3n) is 5.28. The van der Waals surface area contributed by atoms with E-state index in [4.69, 9.17) is 9.47 Å². The minimum Gasteiger partial charge on any atom is -0.497 e. The molecule has 3 rings (SSSR count). The molecule has 0 bridgehead atoms. The van der Waals surface area contributed by atoms with Gasteiger partial charge >= 0.3 is 5.97 Å². The second kappa shape index (κ2) is 9.75. The number of nitrogens with one attached hydrogen (secondary N) is 2. The number of rotatable bonds is 6. The molecular formula is C22H26N2O5S. The highest BCUT2D eigenvalue weighted by Crippen LogP contribution is 2.35. The average molecular weight is 431 g/mol. The number of methoxy groups -OCH3 is 2. The topological polar surface area (TPSA) is 93.7 Å². The van der Waals surface area contributed by atoms with Crippen LogP contribution in [-0.2, 0) is 9.53 Å². The Labute approximate surface area is 179 Å². The lowest BCUT2D eigenvalue weighted by atomic mass is 9.89. The van der Waals surface area contributed by atoms with E-state index in [1.807, 2.05) is 0 Å². The first-order valence-electron chi connectivity index (χ1n) is 9.92. The summed E-state index contributed by atoms with van der Waals surface area (Å²) in [5.74, 6) is -0.509. The van der Waals surface area contributed by atoms with Crippen molar-refractivity contribution in [1.82, 2.24) is 0 Å². The van der Waals surface area contributed by atoms with Gasteiger partial charge in [0.25, 0.3) is 5.91 Å². The van der Waals surface area contributed by atoms with Gasteiger partial charge in [-0.3, -0.25) is 9.59 Å². The van der Waals surface area contributed by atoms with Gasteiger partial charge in [-0.25, -0.2) is 4.79 Å². The van der Waals surface area contributed by atoms with E-state index in [9.17, 15) is 14.4 Å². The number of benzene rings is 1. The number of hydrogen-bond donors (Lipinski definition) is 2. The van der Waals surface area contributed by atoms with Crippen LogP contribution in [-0.4, -0.2) is 32.0 Å². The highest BCUT2D eigenvalue weighted by atomic mass is 32.1. The summed E-state index contributed by atoms with van der Waals surface area (Å²) in [7, 11) is 2.83. The van der Waals surface area contributed by atoms with E-state index >= 15 is 0 Å². The first-order valence-corrected chi connectivity index (χ1v) is 10.7. The number of anilines is 2. The van der Waals surface area contributed by atoms with Gasteiger partial charge in [-0.2, -0.15) is 0 Å². The van der Waals surface area contributed by atoms with Crippen molar-refractivity contribution in [1.29, 1.82) is 0 Å². The quantitative estimate of drug-likeness (QED) is 0.652. The Hall–Kier alpha value is -2.87. The third kappa shape index (κ3) is 4.81. The largest absolute Gasteiger partial charge is 0.497 e. The summed E-state index contributed by atoms with van der Waals surface area (Å²) in [5.41, 5.74) is 1.27. The van der Waals surface area contributed by atoms with E-state index in [2.05, 4.69) is 10.6 Å². The molecule has 1 aromatic heterocycles. The monoisotopic (exact) mass is 430 g/mol. The molecule has 8 heteroatoms. The molecule has 0 unspecified atom stereocenters. The lowest BCUT2D eigenvalue weighted by Crippen LogP contribution is -2.25. The van der Waals surface area contributed by atoms with Gasteiger partial charge in [0.05, 0.1) is 24.7 Å². The van der Waals surface area contributed by atoms with Gasteiger partial charge in [-0.15, -0.1) is 11.3 Å². The molecule has 0 aliphatic heterocycles. The molecule has 160 valence electrons. The number of carbonyl (C=O) groups is 3. The Morgan fingerprint density at radius 1 is 1.07 bits per heavy atom. The van der Waals surface area contributed by atoms with Gasteiger partial charge in [0.2, 0.25) is 5.91 Å². The molecule has 0 radical (unpaired) electrons. The van der Waals surface area contributed by atoms with Crippen LogP contribution in [0.15, 0.2) is 24.3 Å². The van der Waals surface area contributed by atoms with Crippen LogP contribution in [0.4, 0.5) is 10.7 Å². The maximum atomic E-state index is 12.9. The molecule has 1 aromatic carbocycles. The molecule has 7 nitrogen and oxygen atoms in total. The minimum atomic E-state index is -0.580. The number of esters is 1.